The number of hydrogen-bond acceptors (Lipinski definition) is 7. The number of thiol groups is 1. The van der Waals surface area contributed by atoms with Crippen molar-refractivity contribution in [1.29, 1.82) is 0 Å². The fourth-order valence-corrected chi connectivity index (χ4v) is 6.19. The molecule has 5 rings (SSSR count). The molecular formula is C29H27ClN6OS2. The molecule has 0 saturated heterocycles. The maximum absolute atomic E-state index is 13.4. The number of anilines is 1. The average molecular weight is 575 g/mol. The summed E-state index contributed by atoms with van der Waals surface area (Å²) in [5.74, 6) is 7.65. The summed E-state index contributed by atoms with van der Waals surface area (Å²) in [6, 6.07) is 12.7. The van der Waals surface area contributed by atoms with Crippen LogP contribution in [0.3, 0.4) is 0 Å². The summed E-state index contributed by atoms with van der Waals surface area (Å²) in [5.41, 5.74) is 11.9. The Morgan fingerprint density at radius 3 is 2.67 bits per heavy atom. The molecule has 0 radical (unpaired) electrons. The number of aryl methyl sites for hydroxylation is 2. The van der Waals surface area contributed by atoms with E-state index >= 15 is 0 Å². The maximum atomic E-state index is 13.4. The van der Waals surface area contributed by atoms with Gasteiger partial charge in [0.15, 0.2) is 5.82 Å². The van der Waals surface area contributed by atoms with Crippen LogP contribution in [0.15, 0.2) is 47.5 Å². The number of rotatable bonds is 5. The van der Waals surface area contributed by atoms with Crippen molar-refractivity contribution >= 4 is 52.9 Å². The van der Waals surface area contributed by atoms with Gasteiger partial charge in [0, 0.05) is 38.0 Å². The van der Waals surface area contributed by atoms with Gasteiger partial charge in [0.1, 0.15) is 16.9 Å². The van der Waals surface area contributed by atoms with Crippen LogP contribution in [0, 0.1) is 32.6 Å². The summed E-state index contributed by atoms with van der Waals surface area (Å²) in [4.78, 5) is 19.7. The molecule has 39 heavy (non-hydrogen) atoms. The lowest BCUT2D eigenvalue weighted by atomic mass is 9.99. The first-order valence-corrected chi connectivity index (χ1v) is 14.2. The summed E-state index contributed by atoms with van der Waals surface area (Å²) < 4.78 is 2.03. The molecule has 0 unspecified atom stereocenters. The monoisotopic (exact) mass is 574 g/mol. The van der Waals surface area contributed by atoms with E-state index < -0.39 is 6.04 Å². The first-order chi connectivity index (χ1) is 18.8. The van der Waals surface area contributed by atoms with Crippen LogP contribution in [0.2, 0.25) is 5.02 Å². The van der Waals surface area contributed by atoms with E-state index in [1.54, 1.807) is 11.3 Å². The molecule has 2 aromatic carbocycles. The minimum Gasteiger partial charge on any atom is -0.326 e. The Bertz CT molecular complexity index is 1660. The van der Waals surface area contributed by atoms with Gasteiger partial charge in [-0.25, -0.2) is 0 Å². The first-order valence-electron chi connectivity index (χ1n) is 12.4. The Balaban J connectivity index is 1.55. The lowest BCUT2D eigenvalue weighted by Gasteiger charge is -2.14. The van der Waals surface area contributed by atoms with E-state index in [9.17, 15) is 4.79 Å². The minimum absolute atomic E-state index is 0.0837. The van der Waals surface area contributed by atoms with E-state index in [-0.39, 0.29) is 18.9 Å². The highest BCUT2D eigenvalue weighted by Gasteiger charge is 2.32. The van der Waals surface area contributed by atoms with Gasteiger partial charge in [-0.05, 0) is 56.2 Å². The number of amides is 1. The van der Waals surface area contributed by atoms with Gasteiger partial charge >= 0.3 is 0 Å². The Labute approximate surface area is 241 Å². The summed E-state index contributed by atoms with van der Waals surface area (Å²) in [6.07, 6.45) is 0.0837. The zero-order chi connectivity index (χ0) is 27.7. The second-order valence-electron chi connectivity index (χ2n) is 9.19. The Morgan fingerprint density at radius 2 is 1.95 bits per heavy atom. The second kappa shape index (κ2) is 11.4. The third-order valence-electron chi connectivity index (χ3n) is 6.62. The fraction of sp³-hybridized carbons (Fsp3) is 0.241. The maximum Gasteiger partial charge on any atom is 0.227 e. The van der Waals surface area contributed by atoms with Crippen LogP contribution in [0.25, 0.3) is 5.00 Å². The van der Waals surface area contributed by atoms with Crippen LogP contribution in [-0.2, 0) is 10.5 Å². The molecule has 2 aromatic heterocycles. The molecule has 0 saturated carbocycles. The van der Waals surface area contributed by atoms with Gasteiger partial charge in [0.05, 0.1) is 18.7 Å². The molecule has 0 spiro atoms. The molecule has 4 aromatic rings. The van der Waals surface area contributed by atoms with Crippen molar-refractivity contribution in [3.8, 4) is 16.8 Å². The SMILES string of the molecule is Cc1sc2c(c1C)C(c1ccc(Cl)cc1)=N[C@@H](CC(=O)Nc1ccc(CS)c(C#CCN)c1)c1nnc(C)n1-2. The van der Waals surface area contributed by atoms with Crippen molar-refractivity contribution in [3.05, 3.63) is 91.8 Å². The fourth-order valence-electron chi connectivity index (χ4n) is 4.57. The number of carbonyl (C=O) groups excluding carboxylic acids is 1. The van der Waals surface area contributed by atoms with Crippen molar-refractivity contribution in [3.63, 3.8) is 0 Å². The molecule has 1 aliphatic heterocycles. The summed E-state index contributed by atoms with van der Waals surface area (Å²) >= 11 is 12.3. The van der Waals surface area contributed by atoms with E-state index in [4.69, 9.17) is 22.3 Å². The van der Waals surface area contributed by atoms with Crippen molar-refractivity contribution in [2.24, 2.45) is 10.7 Å². The molecule has 0 bridgehead atoms. The van der Waals surface area contributed by atoms with Gasteiger partial charge < -0.3 is 11.1 Å². The largest absolute Gasteiger partial charge is 0.326 e. The molecule has 0 fully saturated rings. The van der Waals surface area contributed by atoms with Gasteiger partial charge in [-0.15, -0.1) is 21.5 Å². The average Bonchev–Trinajstić information content (AvgIpc) is 3.40. The van der Waals surface area contributed by atoms with Crippen LogP contribution < -0.4 is 11.1 Å². The standard InChI is InChI=1S/C29H27ClN6OS2/c1-16-17(2)39-29-26(16)27(19-6-9-22(30)10-7-19)33-24(28-35-34-18(3)36(28)29)14-25(37)32-23-11-8-21(15-38)20(13-23)5-4-12-31/h6-11,13,24,38H,12,14-15,31H2,1-3H3,(H,32,37)/t24-/m0/s1. The van der Waals surface area contributed by atoms with Crippen molar-refractivity contribution < 1.29 is 4.79 Å². The molecular weight excluding hydrogens is 548 g/mol. The Kier molecular flexibility index (Phi) is 7.91. The second-order valence-corrected chi connectivity index (χ2v) is 11.1. The van der Waals surface area contributed by atoms with Crippen LogP contribution in [0.5, 0.6) is 0 Å². The quantitative estimate of drug-likeness (QED) is 0.214. The van der Waals surface area contributed by atoms with Crippen molar-refractivity contribution in [2.45, 2.75) is 39.0 Å². The van der Waals surface area contributed by atoms with E-state index in [0.717, 1.165) is 44.4 Å². The minimum atomic E-state index is -0.551. The number of hydrogen-bond donors (Lipinski definition) is 3. The summed E-state index contributed by atoms with van der Waals surface area (Å²) in [7, 11) is 0. The van der Waals surface area contributed by atoms with Crippen molar-refractivity contribution in [1.82, 2.24) is 14.8 Å². The number of halogens is 1. The molecule has 7 nitrogen and oxygen atoms in total. The van der Waals surface area contributed by atoms with E-state index in [1.165, 1.54) is 4.88 Å². The molecule has 3 heterocycles. The van der Waals surface area contributed by atoms with Crippen LogP contribution >= 0.6 is 35.6 Å². The number of thiophene rings is 1. The predicted molar refractivity (Wildman–Crippen MR) is 162 cm³/mol. The Hall–Kier alpha value is -3.42. The van der Waals surface area contributed by atoms with E-state index in [2.05, 4.69) is 53.8 Å². The lowest BCUT2D eigenvalue weighted by Crippen LogP contribution is -2.17. The number of nitrogens with one attached hydrogen (secondary N) is 1. The lowest BCUT2D eigenvalue weighted by molar-refractivity contribution is -0.116. The summed E-state index contributed by atoms with van der Waals surface area (Å²) in [5, 5.41) is 13.5. The topological polar surface area (TPSA) is 98.2 Å². The molecule has 0 aliphatic carbocycles. The van der Waals surface area contributed by atoms with E-state index in [1.807, 2.05) is 54.0 Å². The molecule has 1 amide bonds. The van der Waals surface area contributed by atoms with Gasteiger partial charge in [0.25, 0.3) is 0 Å². The molecule has 3 N–H and O–H groups in total. The highest BCUT2D eigenvalue weighted by molar-refractivity contribution is 7.79. The molecule has 198 valence electrons. The zero-order valence-corrected chi connectivity index (χ0v) is 24.2. The van der Waals surface area contributed by atoms with Gasteiger partial charge in [-0.1, -0.05) is 41.6 Å². The highest BCUT2D eigenvalue weighted by atomic mass is 35.5. The normalized spacial score (nSPS) is 14.0. The number of nitrogens with zero attached hydrogens (tertiary/aromatic N) is 4. The number of fused-ring (bicyclic) bond motifs is 3. The molecule has 10 heteroatoms. The number of benzene rings is 2. The van der Waals surface area contributed by atoms with E-state index in [0.29, 0.717) is 22.3 Å². The number of carbonyl (C=O) groups is 1. The van der Waals surface area contributed by atoms with Crippen molar-refractivity contribution in [2.75, 3.05) is 11.9 Å². The number of aromatic nitrogens is 3. The predicted octanol–water partition coefficient (Wildman–Crippen LogP) is 5.57. The van der Waals surface area contributed by atoms with Gasteiger partial charge in [-0.3, -0.25) is 14.4 Å². The molecule has 1 atom stereocenters. The van der Waals surface area contributed by atoms with Gasteiger partial charge in [-0.2, -0.15) is 12.6 Å². The highest BCUT2D eigenvalue weighted by Crippen LogP contribution is 2.39. The smallest absolute Gasteiger partial charge is 0.227 e. The van der Waals surface area contributed by atoms with Crippen LogP contribution in [0.4, 0.5) is 5.69 Å². The number of nitrogens with two attached hydrogens (primary N) is 1. The van der Waals surface area contributed by atoms with Gasteiger partial charge in [0.2, 0.25) is 5.91 Å². The third-order valence-corrected chi connectivity index (χ3v) is 8.41. The summed E-state index contributed by atoms with van der Waals surface area (Å²) in [6.45, 7) is 6.37. The third kappa shape index (κ3) is 5.38. The first kappa shape index (κ1) is 27.2. The molecule has 1 aliphatic rings. The zero-order valence-electron chi connectivity index (χ0n) is 21.7. The van der Waals surface area contributed by atoms with Crippen LogP contribution in [-0.4, -0.2) is 32.9 Å². The van der Waals surface area contributed by atoms with Crippen LogP contribution in [0.1, 0.15) is 56.8 Å². The number of aliphatic imine (C=N–C) groups is 1. The Morgan fingerprint density at radius 1 is 1.18 bits per heavy atom.